The summed E-state index contributed by atoms with van der Waals surface area (Å²) in [5.41, 5.74) is 1.11. The van der Waals surface area contributed by atoms with Gasteiger partial charge < -0.3 is 9.64 Å². The first kappa shape index (κ1) is 15.9. The van der Waals surface area contributed by atoms with Crippen LogP contribution in [0.2, 0.25) is 5.02 Å². The Morgan fingerprint density at radius 1 is 1.08 bits per heavy atom. The van der Waals surface area contributed by atoms with E-state index < -0.39 is 0 Å². The molecular weight excluding hydrogens is 343 g/mol. The Bertz CT molecular complexity index is 844. The molecule has 0 radical (unpaired) electrons. The van der Waals surface area contributed by atoms with Crippen LogP contribution in [0.1, 0.15) is 5.56 Å². The maximum Gasteiger partial charge on any atom is 0.244 e. The molecule has 0 amide bonds. The zero-order chi connectivity index (χ0) is 17.2. The van der Waals surface area contributed by atoms with Gasteiger partial charge in [-0.2, -0.15) is 0 Å². The number of ether oxygens (including phenoxy) is 1. The number of hydrogen-bond donors (Lipinski definition) is 0. The summed E-state index contributed by atoms with van der Waals surface area (Å²) in [6, 6.07) is 13.7. The Labute approximate surface area is 149 Å². The van der Waals surface area contributed by atoms with E-state index in [4.69, 9.17) is 16.3 Å². The maximum atomic E-state index is 12.9. The average molecular weight is 359 g/mol. The van der Waals surface area contributed by atoms with Crippen molar-refractivity contribution in [1.82, 2.24) is 14.8 Å². The van der Waals surface area contributed by atoms with Gasteiger partial charge in [-0.05, 0) is 42.0 Å². The summed E-state index contributed by atoms with van der Waals surface area (Å²) in [7, 11) is 0. The van der Waals surface area contributed by atoms with Crippen molar-refractivity contribution in [2.75, 3.05) is 18.0 Å². The minimum Gasteiger partial charge on any atom is -0.487 e. The predicted molar refractivity (Wildman–Crippen MR) is 93.6 cm³/mol. The van der Waals surface area contributed by atoms with E-state index in [-0.39, 0.29) is 11.9 Å². The minimum atomic E-state index is -0.266. The van der Waals surface area contributed by atoms with E-state index >= 15 is 0 Å². The summed E-state index contributed by atoms with van der Waals surface area (Å²) >= 11 is 5.89. The largest absolute Gasteiger partial charge is 0.487 e. The van der Waals surface area contributed by atoms with E-state index in [1.807, 2.05) is 29.2 Å². The van der Waals surface area contributed by atoms with E-state index in [9.17, 15) is 4.39 Å². The molecule has 0 aliphatic carbocycles. The lowest BCUT2D eigenvalue weighted by molar-refractivity contribution is 0.166. The van der Waals surface area contributed by atoms with Gasteiger partial charge in [-0.15, -0.1) is 5.10 Å². The second-order valence-electron chi connectivity index (χ2n) is 5.97. The van der Waals surface area contributed by atoms with Gasteiger partial charge in [0.15, 0.2) is 0 Å². The van der Waals surface area contributed by atoms with Crippen LogP contribution in [0.5, 0.6) is 5.75 Å². The van der Waals surface area contributed by atoms with E-state index in [1.54, 1.807) is 23.1 Å². The first-order valence-corrected chi connectivity index (χ1v) is 8.34. The van der Waals surface area contributed by atoms with Gasteiger partial charge in [-0.25, -0.2) is 14.1 Å². The fraction of sp³-hybridized carbons (Fsp3) is 0.222. The molecule has 0 atom stereocenters. The molecular formula is C18H16ClFN4O. The number of hydrogen-bond acceptors (Lipinski definition) is 4. The van der Waals surface area contributed by atoms with E-state index in [1.165, 1.54) is 12.1 Å². The lowest BCUT2D eigenvalue weighted by Gasteiger charge is -2.38. The molecule has 1 saturated heterocycles. The monoisotopic (exact) mass is 358 g/mol. The van der Waals surface area contributed by atoms with Crippen LogP contribution in [0.25, 0.3) is 0 Å². The van der Waals surface area contributed by atoms with Crippen molar-refractivity contribution >= 4 is 17.5 Å². The van der Waals surface area contributed by atoms with Gasteiger partial charge in [-0.1, -0.05) is 23.7 Å². The molecule has 0 spiro atoms. The molecule has 2 aromatic carbocycles. The molecule has 0 saturated carbocycles. The Morgan fingerprint density at radius 2 is 1.80 bits per heavy atom. The van der Waals surface area contributed by atoms with Crippen molar-refractivity contribution in [2.24, 2.45) is 0 Å². The maximum absolute atomic E-state index is 12.9. The summed E-state index contributed by atoms with van der Waals surface area (Å²) in [4.78, 5) is 6.40. The highest BCUT2D eigenvalue weighted by Crippen LogP contribution is 2.21. The summed E-state index contributed by atoms with van der Waals surface area (Å²) in [6.45, 7) is 2.07. The Morgan fingerprint density at radius 3 is 2.52 bits per heavy atom. The third-order valence-electron chi connectivity index (χ3n) is 4.03. The molecule has 0 unspecified atom stereocenters. The Kier molecular flexibility index (Phi) is 4.28. The van der Waals surface area contributed by atoms with Gasteiger partial charge >= 0.3 is 0 Å². The average Bonchev–Trinajstić information content (AvgIpc) is 3.02. The topological polar surface area (TPSA) is 43.2 Å². The van der Waals surface area contributed by atoms with Crippen LogP contribution in [0.4, 0.5) is 10.3 Å². The zero-order valence-electron chi connectivity index (χ0n) is 13.3. The Hall–Kier alpha value is -2.60. The lowest BCUT2D eigenvalue weighted by Crippen LogP contribution is -2.54. The van der Waals surface area contributed by atoms with Crippen LogP contribution in [0.15, 0.2) is 54.9 Å². The fourth-order valence-corrected chi connectivity index (χ4v) is 2.79. The van der Waals surface area contributed by atoms with Crippen molar-refractivity contribution < 1.29 is 9.13 Å². The number of nitrogens with zero attached hydrogens (tertiary/aromatic N) is 4. The van der Waals surface area contributed by atoms with Crippen LogP contribution in [0, 0.1) is 5.82 Å². The van der Waals surface area contributed by atoms with Crippen molar-refractivity contribution in [3.8, 4) is 5.75 Å². The highest BCUT2D eigenvalue weighted by atomic mass is 35.5. The third kappa shape index (κ3) is 3.74. The first-order chi connectivity index (χ1) is 12.2. The van der Waals surface area contributed by atoms with Crippen molar-refractivity contribution in [3.05, 3.63) is 71.3 Å². The van der Waals surface area contributed by atoms with Gasteiger partial charge in [0.2, 0.25) is 5.95 Å². The van der Waals surface area contributed by atoms with E-state index in [0.29, 0.717) is 31.3 Å². The first-order valence-electron chi connectivity index (χ1n) is 7.97. The van der Waals surface area contributed by atoms with E-state index in [2.05, 4.69) is 10.1 Å². The molecule has 1 aromatic heterocycles. The van der Waals surface area contributed by atoms with E-state index in [0.717, 1.165) is 10.6 Å². The summed E-state index contributed by atoms with van der Waals surface area (Å²) in [5.74, 6) is 1.10. The standard InChI is InChI=1S/C18H16ClFN4O/c19-14-3-1-13(2-4-14)9-24-12-21-18(22-24)23-10-17(11-23)25-16-7-5-15(20)6-8-16/h1-8,12,17H,9-11H2. The molecule has 1 fully saturated rings. The highest BCUT2D eigenvalue weighted by Gasteiger charge is 2.31. The predicted octanol–water partition coefficient (Wildman–Crippen LogP) is 3.39. The number of anilines is 1. The second-order valence-corrected chi connectivity index (χ2v) is 6.40. The third-order valence-corrected chi connectivity index (χ3v) is 4.28. The molecule has 5 nitrogen and oxygen atoms in total. The Balaban J connectivity index is 1.31. The van der Waals surface area contributed by atoms with Crippen molar-refractivity contribution in [2.45, 2.75) is 12.6 Å². The molecule has 1 aliphatic rings. The number of halogens is 2. The molecule has 25 heavy (non-hydrogen) atoms. The van der Waals surface area contributed by atoms with Crippen molar-refractivity contribution in [1.29, 1.82) is 0 Å². The summed E-state index contributed by atoms with van der Waals surface area (Å²) in [6.07, 6.45) is 1.78. The van der Waals surface area contributed by atoms with Crippen molar-refractivity contribution in [3.63, 3.8) is 0 Å². The summed E-state index contributed by atoms with van der Waals surface area (Å²) < 4.78 is 20.5. The zero-order valence-corrected chi connectivity index (χ0v) is 14.1. The SMILES string of the molecule is Fc1ccc(OC2CN(c3ncn(Cc4ccc(Cl)cc4)n3)C2)cc1. The van der Waals surface area contributed by atoms with Gasteiger partial charge in [-0.3, -0.25) is 0 Å². The fourth-order valence-electron chi connectivity index (χ4n) is 2.66. The smallest absolute Gasteiger partial charge is 0.244 e. The van der Waals surface area contributed by atoms with Crippen LogP contribution in [0.3, 0.4) is 0 Å². The minimum absolute atomic E-state index is 0.0636. The molecule has 2 heterocycles. The number of aromatic nitrogens is 3. The van der Waals surface area contributed by atoms with Gasteiger partial charge in [0.1, 0.15) is 24.0 Å². The molecule has 128 valence electrons. The number of benzene rings is 2. The normalized spacial score (nSPS) is 14.4. The molecule has 1 aliphatic heterocycles. The quantitative estimate of drug-likeness (QED) is 0.701. The van der Waals surface area contributed by atoms with Crippen LogP contribution in [-0.4, -0.2) is 34.0 Å². The highest BCUT2D eigenvalue weighted by molar-refractivity contribution is 6.30. The van der Waals surface area contributed by atoms with Gasteiger partial charge in [0.25, 0.3) is 0 Å². The van der Waals surface area contributed by atoms with Gasteiger partial charge in [0.05, 0.1) is 19.6 Å². The molecule has 7 heteroatoms. The molecule has 0 bridgehead atoms. The van der Waals surface area contributed by atoms with Crippen LogP contribution >= 0.6 is 11.6 Å². The molecule has 4 rings (SSSR count). The van der Waals surface area contributed by atoms with Crippen LogP contribution in [-0.2, 0) is 6.54 Å². The number of rotatable bonds is 5. The second kappa shape index (κ2) is 6.72. The van der Waals surface area contributed by atoms with Gasteiger partial charge in [0, 0.05) is 5.02 Å². The summed E-state index contributed by atoms with van der Waals surface area (Å²) in [5, 5.41) is 5.21. The van der Waals surface area contributed by atoms with Crippen LogP contribution < -0.4 is 9.64 Å². The lowest BCUT2D eigenvalue weighted by atomic mass is 10.2. The molecule has 3 aromatic rings. The molecule has 0 N–H and O–H groups in total.